The van der Waals surface area contributed by atoms with Crippen molar-refractivity contribution >= 4 is 5.69 Å². The Morgan fingerprint density at radius 3 is 2.54 bits per heavy atom. The molecule has 8 heteroatoms. The second kappa shape index (κ2) is 10.6. The molecular formula is C29H40N6O2. The lowest BCUT2D eigenvalue weighted by Crippen LogP contribution is -2.35. The molecule has 1 saturated heterocycles. The molecule has 2 saturated carbocycles. The van der Waals surface area contributed by atoms with Crippen LogP contribution in [-0.2, 0) is 7.05 Å². The molecule has 3 aliphatic rings. The first-order valence-corrected chi connectivity index (χ1v) is 14.2. The first kappa shape index (κ1) is 24.6. The van der Waals surface area contributed by atoms with E-state index in [0.717, 1.165) is 48.4 Å². The summed E-state index contributed by atoms with van der Waals surface area (Å²) in [6, 6.07) is 8.59. The van der Waals surface area contributed by atoms with Crippen molar-refractivity contribution in [3.05, 3.63) is 53.6 Å². The van der Waals surface area contributed by atoms with Gasteiger partial charge in [-0.3, -0.25) is 4.68 Å². The fourth-order valence-electron chi connectivity index (χ4n) is 6.81. The number of benzene rings is 1. The lowest BCUT2D eigenvalue weighted by atomic mass is 9.82. The van der Waals surface area contributed by atoms with E-state index in [0.29, 0.717) is 5.56 Å². The SMILES string of the molecule is Cn1cc([C@@H]2C[C@H]2c2c(C(O)O)cnn2-c2cccc(N3CCC[C@@H](CCC4CCCCC4)C3)c2)nn1. The largest absolute Gasteiger partial charge is 0.371 e. The molecule has 0 bridgehead atoms. The highest BCUT2D eigenvalue weighted by Crippen LogP contribution is 2.55. The van der Waals surface area contributed by atoms with Gasteiger partial charge in [-0.2, -0.15) is 5.10 Å². The van der Waals surface area contributed by atoms with Crippen LogP contribution in [0.3, 0.4) is 0 Å². The number of piperidine rings is 1. The fraction of sp³-hybridized carbons (Fsp3) is 0.621. The number of aliphatic hydroxyl groups excluding tert-OH is 1. The maximum Gasteiger partial charge on any atom is 0.181 e. The van der Waals surface area contributed by atoms with Crippen molar-refractivity contribution in [1.29, 1.82) is 0 Å². The summed E-state index contributed by atoms with van der Waals surface area (Å²) in [6.45, 7) is 2.22. The molecule has 3 atom stereocenters. The third kappa shape index (κ3) is 5.32. The molecule has 2 aromatic heterocycles. The zero-order valence-electron chi connectivity index (χ0n) is 21.9. The normalized spacial score (nSPS) is 24.6. The molecule has 0 unspecified atom stereocenters. The Morgan fingerprint density at radius 1 is 0.973 bits per heavy atom. The molecule has 37 heavy (non-hydrogen) atoms. The highest BCUT2D eigenvalue weighted by atomic mass is 16.5. The van der Waals surface area contributed by atoms with Crippen molar-refractivity contribution in [2.75, 3.05) is 18.0 Å². The summed E-state index contributed by atoms with van der Waals surface area (Å²) in [5, 5.41) is 33.2. The van der Waals surface area contributed by atoms with Crippen LogP contribution in [0.2, 0.25) is 0 Å². The number of hydrogen-bond donors (Lipinski definition) is 2. The van der Waals surface area contributed by atoms with Crippen molar-refractivity contribution in [1.82, 2.24) is 24.8 Å². The zero-order valence-corrected chi connectivity index (χ0v) is 21.9. The molecule has 8 nitrogen and oxygen atoms in total. The molecule has 198 valence electrons. The van der Waals surface area contributed by atoms with E-state index in [2.05, 4.69) is 44.6 Å². The molecular weight excluding hydrogens is 464 g/mol. The van der Waals surface area contributed by atoms with E-state index in [1.807, 2.05) is 17.9 Å². The minimum Gasteiger partial charge on any atom is -0.371 e. The van der Waals surface area contributed by atoms with Gasteiger partial charge in [-0.15, -0.1) is 5.10 Å². The number of aliphatic hydroxyl groups is 2. The maximum atomic E-state index is 10.1. The topological polar surface area (TPSA) is 92.2 Å². The van der Waals surface area contributed by atoms with Crippen LogP contribution in [-0.4, -0.2) is 48.1 Å². The van der Waals surface area contributed by atoms with Gasteiger partial charge in [0, 0.05) is 49.4 Å². The van der Waals surface area contributed by atoms with Crippen LogP contribution in [0.5, 0.6) is 0 Å². The number of nitrogens with zero attached hydrogens (tertiary/aromatic N) is 6. The van der Waals surface area contributed by atoms with Crippen molar-refractivity contribution in [3.8, 4) is 5.69 Å². The van der Waals surface area contributed by atoms with Gasteiger partial charge in [0.05, 0.1) is 23.3 Å². The average Bonchev–Trinajstić information content (AvgIpc) is 3.37. The molecule has 6 rings (SSSR count). The number of anilines is 1. The van der Waals surface area contributed by atoms with Crippen molar-refractivity contribution in [2.24, 2.45) is 18.9 Å². The molecule has 0 radical (unpaired) electrons. The summed E-state index contributed by atoms with van der Waals surface area (Å²) < 4.78 is 3.62. The third-order valence-electron chi connectivity index (χ3n) is 8.92. The molecule has 3 aromatic rings. The summed E-state index contributed by atoms with van der Waals surface area (Å²) in [4.78, 5) is 2.54. The number of rotatable bonds is 8. The highest BCUT2D eigenvalue weighted by Gasteiger charge is 2.45. The average molecular weight is 505 g/mol. The second-order valence-electron chi connectivity index (χ2n) is 11.6. The highest BCUT2D eigenvalue weighted by molar-refractivity contribution is 5.54. The van der Waals surface area contributed by atoms with E-state index in [-0.39, 0.29) is 11.8 Å². The molecule has 2 N–H and O–H groups in total. The Bertz CT molecular complexity index is 1200. The van der Waals surface area contributed by atoms with Crippen LogP contribution >= 0.6 is 0 Å². The van der Waals surface area contributed by atoms with Gasteiger partial charge >= 0.3 is 0 Å². The Labute approximate surface area is 219 Å². The number of aromatic nitrogens is 5. The Morgan fingerprint density at radius 2 is 1.76 bits per heavy atom. The smallest absolute Gasteiger partial charge is 0.181 e. The van der Waals surface area contributed by atoms with Crippen molar-refractivity contribution in [2.45, 2.75) is 82.3 Å². The van der Waals surface area contributed by atoms with E-state index in [1.54, 1.807) is 10.9 Å². The van der Waals surface area contributed by atoms with Crippen LogP contribution in [0.4, 0.5) is 5.69 Å². The fourth-order valence-corrected chi connectivity index (χ4v) is 6.81. The molecule has 1 aliphatic heterocycles. The summed E-state index contributed by atoms with van der Waals surface area (Å²) in [6.07, 6.45) is 15.4. The Hall–Kier alpha value is -2.71. The maximum absolute atomic E-state index is 10.1. The van der Waals surface area contributed by atoms with Gasteiger partial charge in [-0.1, -0.05) is 49.8 Å². The van der Waals surface area contributed by atoms with Gasteiger partial charge in [-0.05, 0) is 55.7 Å². The number of aryl methyl sites for hydroxylation is 1. The summed E-state index contributed by atoms with van der Waals surface area (Å²) >= 11 is 0. The lowest BCUT2D eigenvalue weighted by Gasteiger charge is -2.35. The van der Waals surface area contributed by atoms with Gasteiger partial charge in [-0.25, -0.2) is 4.68 Å². The molecule has 0 spiro atoms. The monoisotopic (exact) mass is 504 g/mol. The molecule has 3 heterocycles. The first-order chi connectivity index (χ1) is 18.1. The lowest BCUT2D eigenvalue weighted by molar-refractivity contribution is -0.0431. The predicted octanol–water partition coefficient (Wildman–Crippen LogP) is 4.83. The summed E-state index contributed by atoms with van der Waals surface area (Å²) in [5.41, 5.74) is 4.48. The minimum atomic E-state index is -1.55. The van der Waals surface area contributed by atoms with Crippen LogP contribution in [0, 0.1) is 11.8 Å². The van der Waals surface area contributed by atoms with Gasteiger partial charge in [0.1, 0.15) is 0 Å². The molecule has 2 aliphatic carbocycles. The number of hydrogen-bond acceptors (Lipinski definition) is 6. The Kier molecular flexibility index (Phi) is 7.04. The van der Waals surface area contributed by atoms with Crippen molar-refractivity contribution < 1.29 is 10.2 Å². The summed E-state index contributed by atoms with van der Waals surface area (Å²) in [7, 11) is 1.87. The van der Waals surface area contributed by atoms with Gasteiger partial charge in [0.2, 0.25) is 0 Å². The quantitative estimate of drug-likeness (QED) is 0.427. The molecule has 3 fully saturated rings. The van der Waals surface area contributed by atoms with E-state index >= 15 is 0 Å². The van der Waals surface area contributed by atoms with Crippen LogP contribution in [0.15, 0.2) is 36.7 Å². The van der Waals surface area contributed by atoms with Gasteiger partial charge in [0.25, 0.3) is 0 Å². The van der Waals surface area contributed by atoms with Crippen LogP contribution in [0.1, 0.15) is 99.3 Å². The predicted molar refractivity (Wildman–Crippen MR) is 143 cm³/mol. The van der Waals surface area contributed by atoms with Gasteiger partial charge < -0.3 is 15.1 Å². The summed E-state index contributed by atoms with van der Waals surface area (Å²) in [5.74, 6) is 2.08. The molecule has 0 amide bonds. The van der Waals surface area contributed by atoms with Crippen LogP contribution in [0.25, 0.3) is 5.69 Å². The minimum absolute atomic E-state index is 0.138. The first-order valence-electron chi connectivity index (χ1n) is 14.2. The standard InChI is InChI=1S/C29H40N6O2/c1-33-19-27(31-32-33)24-16-25(24)28-26(29(36)37)17-30-35(28)23-11-5-10-22(15-23)34-14-6-9-21(18-34)13-12-20-7-3-2-4-8-20/h5,10-11,15,17,19-21,24-25,29,36-37H,2-4,6-9,12-14,16,18H2,1H3/t21-,24+,25+/m0/s1. The van der Waals surface area contributed by atoms with E-state index in [9.17, 15) is 10.2 Å². The van der Waals surface area contributed by atoms with Crippen molar-refractivity contribution in [3.63, 3.8) is 0 Å². The Balaban J connectivity index is 1.19. The zero-order chi connectivity index (χ0) is 25.4. The van der Waals surface area contributed by atoms with E-state index in [1.165, 1.54) is 63.5 Å². The third-order valence-corrected chi connectivity index (χ3v) is 8.92. The van der Waals surface area contributed by atoms with E-state index in [4.69, 9.17) is 0 Å². The van der Waals surface area contributed by atoms with E-state index < -0.39 is 6.29 Å². The van der Waals surface area contributed by atoms with Gasteiger partial charge in [0.15, 0.2) is 6.29 Å². The van der Waals surface area contributed by atoms with Crippen LogP contribution < -0.4 is 4.90 Å². The second-order valence-corrected chi connectivity index (χ2v) is 11.6. The molecule has 1 aromatic carbocycles.